The fraction of sp³-hybridized carbons (Fsp3) is 0.278. The fourth-order valence-corrected chi connectivity index (χ4v) is 2.15. The lowest BCUT2D eigenvalue weighted by Crippen LogP contribution is -2.36. The predicted molar refractivity (Wildman–Crippen MR) is 91.2 cm³/mol. The smallest absolute Gasteiger partial charge is 0.191 e. The topological polar surface area (TPSA) is 45.7 Å². The van der Waals surface area contributed by atoms with E-state index in [2.05, 4.69) is 15.6 Å². The van der Waals surface area contributed by atoms with Gasteiger partial charge in [-0.2, -0.15) is 0 Å². The maximum atomic E-state index is 13.3. The fourth-order valence-electron chi connectivity index (χ4n) is 2.15. The van der Waals surface area contributed by atoms with Crippen LogP contribution >= 0.6 is 0 Å². The van der Waals surface area contributed by atoms with Gasteiger partial charge in [-0.05, 0) is 41.8 Å². The van der Waals surface area contributed by atoms with Gasteiger partial charge in [0.15, 0.2) is 5.96 Å². The van der Waals surface area contributed by atoms with Crippen LogP contribution in [0.3, 0.4) is 0 Å². The molecule has 0 aliphatic heterocycles. The summed E-state index contributed by atoms with van der Waals surface area (Å²) in [4.78, 5) is 4.19. The number of aryl methyl sites for hydroxylation is 1. The van der Waals surface area contributed by atoms with E-state index >= 15 is 0 Å². The molecule has 2 aromatic rings. The maximum Gasteiger partial charge on any atom is 0.191 e. The largest absolute Gasteiger partial charge is 0.497 e. The summed E-state index contributed by atoms with van der Waals surface area (Å²) in [5.41, 5.74) is 2.79. The summed E-state index contributed by atoms with van der Waals surface area (Å²) in [6, 6.07) is 12.9. The number of nitrogens with one attached hydrogen (secondary N) is 2. The minimum Gasteiger partial charge on any atom is -0.497 e. The second-order valence-electron chi connectivity index (χ2n) is 5.21. The van der Waals surface area contributed by atoms with Gasteiger partial charge in [-0.1, -0.05) is 24.3 Å². The van der Waals surface area contributed by atoms with Gasteiger partial charge < -0.3 is 15.4 Å². The molecule has 23 heavy (non-hydrogen) atoms. The van der Waals surface area contributed by atoms with Crippen molar-refractivity contribution in [1.29, 1.82) is 0 Å². The van der Waals surface area contributed by atoms with E-state index in [4.69, 9.17) is 4.74 Å². The molecule has 5 heteroatoms. The van der Waals surface area contributed by atoms with Gasteiger partial charge in [0.25, 0.3) is 0 Å². The molecule has 0 aromatic heterocycles. The van der Waals surface area contributed by atoms with Crippen molar-refractivity contribution < 1.29 is 9.13 Å². The van der Waals surface area contributed by atoms with Crippen LogP contribution in [-0.4, -0.2) is 20.1 Å². The van der Waals surface area contributed by atoms with E-state index in [0.717, 1.165) is 16.9 Å². The minimum atomic E-state index is -0.184. The molecule has 0 aliphatic rings. The highest BCUT2D eigenvalue weighted by atomic mass is 19.1. The molecule has 0 spiro atoms. The third-order valence-electron chi connectivity index (χ3n) is 3.52. The van der Waals surface area contributed by atoms with Crippen molar-refractivity contribution in [1.82, 2.24) is 10.6 Å². The number of ether oxygens (including phenoxy) is 1. The molecule has 2 N–H and O–H groups in total. The van der Waals surface area contributed by atoms with Crippen molar-refractivity contribution >= 4 is 5.96 Å². The third-order valence-corrected chi connectivity index (χ3v) is 3.52. The normalized spacial score (nSPS) is 11.2. The van der Waals surface area contributed by atoms with Crippen molar-refractivity contribution in [3.05, 3.63) is 65.0 Å². The number of guanidine groups is 1. The molecule has 0 unspecified atom stereocenters. The summed E-state index contributed by atoms with van der Waals surface area (Å²) in [5, 5.41) is 6.46. The van der Waals surface area contributed by atoms with Gasteiger partial charge in [-0.25, -0.2) is 4.39 Å². The Balaban J connectivity index is 1.86. The summed E-state index contributed by atoms with van der Waals surface area (Å²) in [6.45, 7) is 3.01. The van der Waals surface area contributed by atoms with Gasteiger partial charge in [0.2, 0.25) is 0 Å². The van der Waals surface area contributed by atoms with Gasteiger partial charge in [0.05, 0.1) is 7.11 Å². The van der Waals surface area contributed by atoms with Crippen LogP contribution in [0.25, 0.3) is 0 Å². The lowest BCUT2D eigenvalue weighted by Gasteiger charge is -2.12. The van der Waals surface area contributed by atoms with Crippen molar-refractivity contribution in [2.24, 2.45) is 4.99 Å². The SMILES string of the molecule is CN=C(NCc1ccc(OC)cc1)NCc1ccc(F)c(C)c1. The lowest BCUT2D eigenvalue weighted by atomic mass is 10.1. The van der Waals surface area contributed by atoms with E-state index in [0.29, 0.717) is 24.6 Å². The molecule has 0 heterocycles. The number of hydrogen-bond donors (Lipinski definition) is 2. The summed E-state index contributed by atoms with van der Waals surface area (Å²) in [7, 11) is 3.37. The number of methoxy groups -OCH3 is 1. The van der Waals surface area contributed by atoms with E-state index in [1.54, 1.807) is 27.1 Å². The Hall–Kier alpha value is -2.56. The first-order valence-electron chi connectivity index (χ1n) is 7.45. The predicted octanol–water partition coefficient (Wildman–Crippen LogP) is 3.01. The molecule has 0 saturated heterocycles. The van der Waals surface area contributed by atoms with Crippen LogP contribution in [0.1, 0.15) is 16.7 Å². The molecule has 2 rings (SSSR count). The number of aliphatic imine (C=N–C) groups is 1. The molecular weight excluding hydrogens is 293 g/mol. The highest BCUT2D eigenvalue weighted by molar-refractivity contribution is 5.79. The Morgan fingerprint density at radius 2 is 1.65 bits per heavy atom. The lowest BCUT2D eigenvalue weighted by molar-refractivity contribution is 0.414. The van der Waals surface area contributed by atoms with Crippen LogP contribution in [0.2, 0.25) is 0 Å². The van der Waals surface area contributed by atoms with Crippen molar-refractivity contribution in [3.8, 4) is 5.75 Å². The van der Waals surface area contributed by atoms with Gasteiger partial charge in [-0.3, -0.25) is 4.99 Å². The van der Waals surface area contributed by atoms with Crippen molar-refractivity contribution in [2.75, 3.05) is 14.2 Å². The molecule has 0 fully saturated rings. The van der Waals surface area contributed by atoms with Gasteiger partial charge >= 0.3 is 0 Å². The molecule has 2 aromatic carbocycles. The molecule has 0 aliphatic carbocycles. The molecule has 122 valence electrons. The molecular formula is C18H22FN3O. The van der Waals surface area contributed by atoms with Crippen molar-refractivity contribution in [2.45, 2.75) is 20.0 Å². The van der Waals surface area contributed by atoms with Crippen LogP contribution < -0.4 is 15.4 Å². The maximum absolute atomic E-state index is 13.3. The Kier molecular flexibility index (Phi) is 5.97. The van der Waals surface area contributed by atoms with Gasteiger partial charge in [0, 0.05) is 20.1 Å². The van der Waals surface area contributed by atoms with E-state index in [-0.39, 0.29) is 5.82 Å². The number of nitrogens with zero attached hydrogens (tertiary/aromatic N) is 1. The first-order chi connectivity index (χ1) is 11.1. The van der Waals surface area contributed by atoms with Crippen LogP contribution in [-0.2, 0) is 13.1 Å². The summed E-state index contributed by atoms with van der Waals surface area (Å²) in [6.07, 6.45) is 0. The molecule has 4 nitrogen and oxygen atoms in total. The zero-order valence-corrected chi connectivity index (χ0v) is 13.7. The Bertz CT molecular complexity index is 668. The number of hydrogen-bond acceptors (Lipinski definition) is 2. The molecule has 0 bridgehead atoms. The second-order valence-corrected chi connectivity index (χ2v) is 5.21. The quantitative estimate of drug-likeness (QED) is 0.658. The summed E-state index contributed by atoms with van der Waals surface area (Å²) >= 11 is 0. The average molecular weight is 315 g/mol. The van der Waals surface area contributed by atoms with Crippen LogP contribution in [0, 0.1) is 12.7 Å². The van der Waals surface area contributed by atoms with Crippen molar-refractivity contribution in [3.63, 3.8) is 0 Å². The van der Waals surface area contributed by atoms with Crippen LogP contribution in [0.4, 0.5) is 4.39 Å². The highest BCUT2D eigenvalue weighted by Gasteiger charge is 2.02. The van der Waals surface area contributed by atoms with Gasteiger partial charge in [0.1, 0.15) is 11.6 Å². The van der Waals surface area contributed by atoms with E-state index < -0.39 is 0 Å². The Morgan fingerprint density at radius 3 is 2.22 bits per heavy atom. The number of benzene rings is 2. The van der Waals surface area contributed by atoms with Gasteiger partial charge in [-0.15, -0.1) is 0 Å². The molecule has 0 saturated carbocycles. The monoisotopic (exact) mass is 315 g/mol. The third kappa shape index (κ3) is 4.98. The number of rotatable bonds is 5. The summed E-state index contributed by atoms with van der Waals surface area (Å²) < 4.78 is 18.4. The molecule has 0 amide bonds. The highest BCUT2D eigenvalue weighted by Crippen LogP contribution is 2.11. The first-order valence-corrected chi connectivity index (χ1v) is 7.45. The van der Waals surface area contributed by atoms with Crippen LogP contribution in [0.15, 0.2) is 47.5 Å². The summed E-state index contributed by atoms with van der Waals surface area (Å²) in [5.74, 6) is 1.35. The van der Waals surface area contributed by atoms with E-state index in [1.165, 1.54) is 6.07 Å². The van der Waals surface area contributed by atoms with E-state index in [1.807, 2.05) is 30.3 Å². The minimum absolute atomic E-state index is 0.184. The molecule has 0 radical (unpaired) electrons. The number of halogens is 1. The first kappa shape index (κ1) is 16.8. The average Bonchev–Trinajstić information content (AvgIpc) is 2.58. The van der Waals surface area contributed by atoms with E-state index in [9.17, 15) is 4.39 Å². The Labute approximate surface area is 136 Å². The standard InChI is InChI=1S/C18H22FN3O/c1-13-10-15(6-9-17(13)19)12-22-18(20-2)21-11-14-4-7-16(23-3)8-5-14/h4-10H,11-12H2,1-3H3,(H2,20,21,22). The zero-order valence-electron chi connectivity index (χ0n) is 13.7. The van der Waals surface area contributed by atoms with Crippen LogP contribution in [0.5, 0.6) is 5.75 Å². The zero-order chi connectivity index (χ0) is 16.7. The second kappa shape index (κ2) is 8.17. The Morgan fingerprint density at radius 1 is 1.04 bits per heavy atom. The molecule has 0 atom stereocenters.